The molecule has 0 unspecified atom stereocenters. The Morgan fingerprint density at radius 2 is 2.05 bits per heavy atom. The first-order chi connectivity index (χ1) is 19.2. The molecule has 1 aromatic carbocycles. The van der Waals surface area contributed by atoms with Crippen molar-refractivity contribution in [3.63, 3.8) is 0 Å². The molecule has 2 heterocycles. The Labute approximate surface area is 251 Å². The first kappa shape index (κ1) is 31.3. The van der Waals surface area contributed by atoms with Gasteiger partial charge in [0.1, 0.15) is 27.6 Å². The number of hydrogen-bond donors (Lipinski definition) is 2. The van der Waals surface area contributed by atoms with E-state index in [2.05, 4.69) is 50.9 Å². The minimum absolute atomic E-state index is 0.00622. The number of carboxylic acid groups (broad SMARTS) is 1. The number of amidine groups is 1. The lowest BCUT2D eigenvalue weighted by Gasteiger charge is -2.36. The number of amides is 2. The van der Waals surface area contributed by atoms with Crippen LogP contribution in [-0.2, 0) is 15.1 Å². The Bertz CT molecular complexity index is 1410. The van der Waals surface area contributed by atoms with E-state index in [4.69, 9.17) is 9.73 Å². The van der Waals surface area contributed by atoms with E-state index < -0.39 is 42.0 Å². The zero-order chi connectivity index (χ0) is 30.2. The number of carbonyl (C=O) groups is 2. The summed E-state index contributed by atoms with van der Waals surface area (Å²) in [4.78, 5) is 39.1. The van der Waals surface area contributed by atoms with Crippen LogP contribution in [0.1, 0.15) is 30.2 Å². The molecule has 0 spiro atoms. The van der Waals surface area contributed by atoms with E-state index in [0.717, 1.165) is 22.7 Å². The molecule has 3 atom stereocenters. The topological polar surface area (TPSA) is 117 Å². The number of benzene rings is 1. The van der Waals surface area contributed by atoms with Crippen LogP contribution < -0.4 is 5.32 Å². The average molecular weight is 669 g/mol. The fourth-order valence-electron chi connectivity index (χ4n) is 4.75. The SMILES string of the molecule is CNC(=O)[C@]12C[C@H]1[C@@](C)(c1cc(/C=C(\F)c3cnc(Br)cn3)ccc1F)N=C(N(COCC[Si](C)(C)C)C(=O)O)S2. The number of rotatable bonds is 9. The number of nitrogens with zero attached hydrogens (tertiary/aromatic N) is 4. The van der Waals surface area contributed by atoms with Gasteiger partial charge in [-0.2, -0.15) is 0 Å². The third kappa shape index (κ3) is 6.71. The lowest BCUT2D eigenvalue weighted by molar-refractivity contribution is -0.121. The first-order valence-corrected chi connectivity index (χ1v) is 18.3. The molecule has 220 valence electrons. The van der Waals surface area contributed by atoms with Crippen molar-refractivity contribution in [1.82, 2.24) is 20.2 Å². The summed E-state index contributed by atoms with van der Waals surface area (Å²) in [6.45, 7) is 8.35. The Hall–Kier alpha value is -2.68. The van der Waals surface area contributed by atoms with Gasteiger partial charge in [-0.3, -0.25) is 9.79 Å². The zero-order valence-electron chi connectivity index (χ0n) is 23.4. The monoisotopic (exact) mass is 667 g/mol. The van der Waals surface area contributed by atoms with Gasteiger partial charge in [0.15, 0.2) is 11.0 Å². The number of aliphatic imine (C=N–C) groups is 1. The summed E-state index contributed by atoms with van der Waals surface area (Å²) in [5, 5.41) is 12.8. The Kier molecular flexibility index (Phi) is 9.07. The highest BCUT2D eigenvalue weighted by atomic mass is 79.9. The van der Waals surface area contributed by atoms with Gasteiger partial charge >= 0.3 is 6.09 Å². The van der Waals surface area contributed by atoms with E-state index in [9.17, 15) is 19.1 Å². The molecule has 2 aliphatic rings. The summed E-state index contributed by atoms with van der Waals surface area (Å²) >= 11 is 4.22. The highest BCUT2D eigenvalue weighted by molar-refractivity contribution is 9.10. The number of carbonyl (C=O) groups excluding carboxylic acids is 1. The Morgan fingerprint density at radius 1 is 1.32 bits per heavy atom. The molecule has 2 amide bonds. The van der Waals surface area contributed by atoms with E-state index >= 15 is 4.39 Å². The number of hydrogen-bond acceptors (Lipinski definition) is 7. The van der Waals surface area contributed by atoms with Crippen LogP contribution in [0.3, 0.4) is 0 Å². The minimum atomic E-state index is -1.41. The lowest BCUT2D eigenvalue weighted by atomic mass is 9.84. The Balaban J connectivity index is 1.73. The van der Waals surface area contributed by atoms with Crippen molar-refractivity contribution in [3.05, 3.63) is 57.8 Å². The third-order valence-electron chi connectivity index (χ3n) is 7.17. The van der Waals surface area contributed by atoms with Gasteiger partial charge in [0.05, 0.1) is 17.9 Å². The molecular formula is C27H32BrF2N5O4SSi. The largest absolute Gasteiger partial charge is 0.465 e. The fraction of sp³-hybridized carbons (Fsp3) is 0.444. The van der Waals surface area contributed by atoms with Gasteiger partial charge in [0.25, 0.3) is 0 Å². The van der Waals surface area contributed by atoms with Crippen molar-refractivity contribution in [2.24, 2.45) is 10.9 Å². The molecule has 4 rings (SSSR count). The van der Waals surface area contributed by atoms with E-state index in [0.29, 0.717) is 23.2 Å². The van der Waals surface area contributed by atoms with Crippen molar-refractivity contribution in [1.29, 1.82) is 0 Å². The second-order valence-corrected chi connectivity index (χ2v) is 19.1. The highest BCUT2D eigenvalue weighted by Gasteiger charge is 2.71. The summed E-state index contributed by atoms with van der Waals surface area (Å²) < 4.78 is 35.6. The molecule has 2 aromatic rings. The van der Waals surface area contributed by atoms with Crippen LogP contribution in [0.4, 0.5) is 13.6 Å². The molecule has 14 heteroatoms. The quantitative estimate of drug-likeness (QED) is 0.192. The molecule has 1 fully saturated rings. The van der Waals surface area contributed by atoms with Crippen molar-refractivity contribution < 1.29 is 28.2 Å². The fourth-order valence-corrected chi connectivity index (χ4v) is 7.33. The Morgan fingerprint density at radius 3 is 2.66 bits per heavy atom. The van der Waals surface area contributed by atoms with E-state index in [-0.39, 0.29) is 29.1 Å². The van der Waals surface area contributed by atoms with Crippen LogP contribution in [0.25, 0.3) is 11.9 Å². The van der Waals surface area contributed by atoms with Crippen LogP contribution in [0.5, 0.6) is 0 Å². The number of aromatic nitrogens is 2. The van der Waals surface area contributed by atoms with Crippen molar-refractivity contribution in [3.8, 4) is 0 Å². The normalized spacial score (nSPS) is 23.9. The molecule has 1 saturated carbocycles. The van der Waals surface area contributed by atoms with E-state index in [1.54, 1.807) is 6.92 Å². The molecule has 0 saturated heterocycles. The molecule has 1 aliphatic heterocycles. The highest BCUT2D eigenvalue weighted by Crippen LogP contribution is 2.66. The maximum atomic E-state index is 15.5. The van der Waals surface area contributed by atoms with Crippen molar-refractivity contribution in [2.45, 2.75) is 49.3 Å². The average Bonchev–Trinajstić information content (AvgIpc) is 3.66. The summed E-state index contributed by atoms with van der Waals surface area (Å²) in [6.07, 6.45) is 2.90. The molecule has 9 nitrogen and oxygen atoms in total. The predicted molar refractivity (Wildman–Crippen MR) is 161 cm³/mol. The maximum absolute atomic E-state index is 15.5. The smallest absolute Gasteiger partial charge is 0.415 e. The third-order valence-corrected chi connectivity index (χ3v) is 10.8. The summed E-state index contributed by atoms with van der Waals surface area (Å²) in [7, 11) is 0.0950. The van der Waals surface area contributed by atoms with Gasteiger partial charge in [-0.05, 0) is 59.1 Å². The van der Waals surface area contributed by atoms with Crippen LogP contribution in [0, 0.1) is 11.7 Å². The van der Waals surface area contributed by atoms with Gasteiger partial charge in [-0.15, -0.1) is 0 Å². The van der Waals surface area contributed by atoms with Gasteiger partial charge in [-0.25, -0.2) is 28.4 Å². The van der Waals surface area contributed by atoms with Crippen LogP contribution >= 0.6 is 27.7 Å². The maximum Gasteiger partial charge on any atom is 0.415 e. The molecule has 1 aliphatic carbocycles. The minimum Gasteiger partial charge on any atom is -0.465 e. The molecule has 2 N–H and O–H groups in total. The predicted octanol–water partition coefficient (Wildman–Crippen LogP) is 5.96. The molecule has 0 radical (unpaired) electrons. The summed E-state index contributed by atoms with van der Waals surface area (Å²) in [6, 6.07) is 4.95. The van der Waals surface area contributed by atoms with Gasteiger partial charge < -0.3 is 15.2 Å². The van der Waals surface area contributed by atoms with Gasteiger partial charge in [0, 0.05) is 33.2 Å². The number of thioether (sulfide) groups is 1. The van der Waals surface area contributed by atoms with Crippen molar-refractivity contribution >= 4 is 64.8 Å². The van der Waals surface area contributed by atoms with Crippen LogP contribution in [0.15, 0.2) is 40.2 Å². The summed E-state index contributed by atoms with van der Waals surface area (Å²) in [5.41, 5.74) is -0.844. The number of ether oxygens (including phenoxy) is 1. The number of fused-ring (bicyclic) bond motifs is 1. The molecule has 0 bridgehead atoms. The van der Waals surface area contributed by atoms with Crippen LogP contribution in [-0.4, -0.2) is 70.3 Å². The number of halogens is 3. The zero-order valence-corrected chi connectivity index (χ0v) is 26.8. The van der Waals surface area contributed by atoms with Gasteiger partial charge in [-0.1, -0.05) is 37.5 Å². The standard InChI is InChI=1S/C27H32BrF2N5O4SSi/c1-26(17-10-16(6-7-18(17)29)11-19(30)20-13-33-22(28)14-32-20)21-12-27(21,23(36)31-2)40-24(34-26)35(25(37)38)15-39-8-9-41(3,4)5/h6-7,10-11,13-14,21H,8-9,12,15H2,1-5H3,(H,31,36)(H,37,38)/b19-11-/t21-,26+,27-/m0/s1. The second-order valence-electron chi connectivity index (χ2n) is 11.4. The molecular weight excluding hydrogens is 636 g/mol. The van der Waals surface area contributed by atoms with Crippen molar-refractivity contribution in [2.75, 3.05) is 20.4 Å². The second kappa shape index (κ2) is 11.9. The first-order valence-electron chi connectivity index (χ1n) is 12.9. The van der Waals surface area contributed by atoms with E-state index in [1.165, 1.54) is 43.7 Å². The molecule has 1 aromatic heterocycles. The lowest BCUT2D eigenvalue weighted by Crippen LogP contribution is -2.47. The number of nitrogens with one attached hydrogen (secondary N) is 1. The van der Waals surface area contributed by atoms with Crippen LogP contribution in [0.2, 0.25) is 25.7 Å². The van der Waals surface area contributed by atoms with Gasteiger partial charge in [0.2, 0.25) is 5.91 Å². The molecule has 41 heavy (non-hydrogen) atoms. The van der Waals surface area contributed by atoms with E-state index in [1.807, 2.05) is 0 Å². The summed E-state index contributed by atoms with van der Waals surface area (Å²) in [5.74, 6) is -2.00.